The molecule has 0 amide bonds. The average molecular weight is 276 g/mol. The van der Waals surface area contributed by atoms with Crippen LogP contribution in [0, 0.1) is 5.92 Å². The first-order valence-corrected chi connectivity index (χ1v) is 8.17. The predicted octanol–water partition coefficient (Wildman–Crippen LogP) is 1.92. The van der Waals surface area contributed by atoms with E-state index in [1.54, 1.807) is 11.4 Å². The lowest BCUT2D eigenvalue weighted by Gasteiger charge is -2.13. The van der Waals surface area contributed by atoms with E-state index in [1.165, 1.54) is 11.3 Å². The Morgan fingerprint density at radius 2 is 2.06 bits per heavy atom. The van der Waals surface area contributed by atoms with Crippen molar-refractivity contribution in [3.8, 4) is 0 Å². The van der Waals surface area contributed by atoms with Crippen molar-refractivity contribution in [2.45, 2.75) is 38.1 Å². The molecule has 0 aliphatic rings. The summed E-state index contributed by atoms with van der Waals surface area (Å²) in [5.74, 6) is 0.393. The summed E-state index contributed by atoms with van der Waals surface area (Å²) in [5.41, 5.74) is 5.52. The van der Waals surface area contributed by atoms with E-state index in [2.05, 4.69) is 18.6 Å². The highest BCUT2D eigenvalue weighted by Crippen LogP contribution is 2.21. The Morgan fingerprint density at radius 3 is 2.59 bits per heavy atom. The number of rotatable bonds is 7. The van der Waals surface area contributed by atoms with Crippen molar-refractivity contribution >= 4 is 21.4 Å². The van der Waals surface area contributed by atoms with Gasteiger partial charge in [0, 0.05) is 18.0 Å². The number of hydrogen-bond donors (Lipinski definition) is 2. The summed E-state index contributed by atoms with van der Waals surface area (Å²) in [6.07, 6.45) is 1.96. The van der Waals surface area contributed by atoms with E-state index in [4.69, 9.17) is 5.73 Å². The molecule has 0 aromatic carbocycles. The van der Waals surface area contributed by atoms with Gasteiger partial charge in [-0.15, -0.1) is 11.3 Å². The number of thiophene rings is 1. The van der Waals surface area contributed by atoms with E-state index >= 15 is 0 Å². The summed E-state index contributed by atoms with van der Waals surface area (Å²) < 4.78 is 26.8. The molecule has 1 heterocycles. The van der Waals surface area contributed by atoms with Crippen LogP contribution in [-0.4, -0.2) is 15.0 Å². The SMILES string of the molecule is CCC(CC)CNS(=O)(=O)c1ccsc1CN. The maximum Gasteiger partial charge on any atom is 0.241 e. The first-order chi connectivity index (χ1) is 8.05. The summed E-state index contributed by atoms with van der Waals surface area (Å²) in [4.78, 5) is 1.04. The molecule has 0 aliphatic carbocycles. The third-order valence-electron chi connectivity index (χ3n) is 2.90. The van der Waals surface area contributed by atoms with Crippen LogP contribution in [0.3, 0.4) is 0 Å². The van der Waals surface area contributed by atoms with Gasteiger partial charge in [0.1, 0.15) is 0 Å². The van der Waals surface area contributed by atoms with Gasteiger partial charge in [0.15, 0.2) is 0 Å². The van der Waals surface area contributed by atoms with Gasteiger partial charge in [0.25, 0.3) is 0 Å². The van der Waals surface area contributed by atoms with Crippen LogP contribution in [0.4, 0.5) is 0 Å². The number of nitrogens with one attached hydrogen (secondary N) is 1. The maximum atomic E-state index is 12.0. The van der Waals surface area contributed by atoms with Crippen molar-refractivity contribution in [2.75, 3.05) is 6.54 Å². The van der Waals surface area contributed by atoms with Crippen molar-refractivity contribution < 1.29 is 8.42 Å². The highest BCUT2D eigenvalue weighted by atomic mass is 32.2. The van der Waals surface area contributed by atoms with Crippen LogP contribution in [0.25, 0.3) is 0 Å². The Morgan fingerprint density at radius 1 is 1.41 bits per heavy atom. The molecule has 17 heavy (non-hydrogen) atoms. The van der Waals surface area contributed by atoms with E-state index in [1.807, 2.05) is 0 Å². The van der Waals surface area contributed by atoms with Gasteiger partial charge in [-0.3, -0.25) is 0 Å². The van der Waals surface area contributed by atoms with E-state index < -0.39 is 10.0 Å². The second-order valence-electron chi connectivity index (χ2n) is 3.95. The third-order valence-corrected chi connectivity index (χ3v) is 5.48. The molecular weight excluding hydrogens is 256 g/mol. The van der Waals surface area contributed by atoms with Crippen LogP contribution in [0.2, 0.25) is 0 Å². The van der Waals surface area contributed by atoms with Crippen LogP contribution in [-0.2, 0) is 16.6 Å². The van der Waals surface area contributed by atoms with Crippen molar-refractivity contribution in [3.05, 3.63) is 16.3 Å². The Kier molecular flexibility index (Phi) is 5.58. The van der Waals surface area contributed by atoms with E-state index in [0.717, 1.165) is 12.8 Å². The zero-order valence-corrected chi connectivity index (χ0v) is 11.9. The Balaban J connectivity index is 2.76. The second kappa shape index (κ2) is 6.49. The van der Waals surface area contributed by atoms with Crippen molar-refractivity contribution in [1.82, 2.24) is 4.72 Å². The molecule has 0 saturated carbocycles. The summed E-state index contributed by atoms with van der Waals surface area (Å²) in [5, 5.41) is 1.76. The highest BCUT2D eigenvalue weighted by Gasteiger charge is 2.19. The Bertz CT molecular complexity index is 436. The summed E-state index contributed by atoms with van der Waals surface area (Å²) >= 11 is 1.38. The maximum absolute atomic E-state index is 12.0. The minimum atomic E-state index is -3.39. The molecule has 1 rings (SSSR count). The van der Waals surface area contributed by atoms with Gasteiger partial charge in [0.2, 0.25) is 10.0 Å². The molecule has 0 bridgehead atoms. The summed E-state index contributed by atoms with van der Waals surface area (Å²) in [7, 11) is -3.39. The third kappa shape index (κ3) is 3.77. The van der Waals surface area contributed by atoms with Crippen LogP contribution in [0.15, 0.2) is 16.3 Å². The molecular formula is C11H20N2O2S2. The van der Waals surface area contributed by atoms with Crippen LogP contribution < -0.4 is 10.5 Å². The normalized spacial score (nSPS) is 12.2. The van der Waals surface area contributed by atoms with Crippen LogP contribution in [0.1, 0.15) is 31.6 Å². The van der Waals surface area contributed by atoms with Gasteiger partial charge >= 0.3 is 0 Å². The highest BCUT2D eigenvalue weighted by molar-refractivity contribution is 7.89. The van der Waals surface area contributed by atoms with Gasteiger partial charge in [0.05, 0.1) is 4.90 Å². The topological polar surface area (TPSA) is 72.2 Å². The minimum absolute atomic E-state index is 0.263. The Hall–Kier alpha value is -0.430. The van der Waals surface area contributed by atoms with Crippen LogP contribution >= 0.6 is 11.3 Å². The first-order valence-electron chi connectivity index (χ1n) is 5.81. The lowest BCUT2D eigenvalue weighted by molar-refractivity contribution is 0.479. The van der Waals surface area contributed by atoms with Crippen molar-refractivity contribution in [2.24, 2.45) is 11.7 Å². The van der Waals surface area contributed by atoms with E-state index in [-0.39, 0.29) is 6.54 Å². The lowest BCUT2D eigenvalue weighted by Crippen LogP contribution is -2.29. The fourth-order valence-electron chi connectivity index (χ4n) is 1.60. The molecule has 4 nitrogen and oxygen atoms in total. The first kappa shape index (κ1) is 14.6. The van der Waals surface area contributed by atoms with Gasteiger partial charge in [-0.1, -0.05) is 26.7 Å². The molecule has 0 radical (unpaired) electrons. The van der Waals surface area contributed by atoms with Crippen LogP contribution in [0.5, 0.6) is 0 Å². The smallest absolute Gasteiger partial charge is 0.241 e. The van der Waals surface area contributed by atoms with Gasteiger partial charge in [-0.25, -0.2) is 13.1 Å². The minimum Gasteiger partial charge on any atom is -0.326 e. The summed E-state index contributed by atoms with van der Waals surface area (Å²) in [6, 6.07) is 1.61. The van der Waals surface area contributed by atoms with E-state index in [9.17, 15) is 8.42 Å². The molecule has 3 N–H and O–H groups in total. The summed E-state index contributed by atoms with van der Waals surface area (Å²) in [6.45, 7) is 4.89. The van der Waals surface area contributed by atoms with Crippen molar-refractivity contribution in [3.63, 3.8) is 0 Å². The number of nitrogens with two attached hydrogens (primary N) is 1. The predicted molar refractivity (Wildman–Crippen MR) is 71.5 cm³/mol. The largest absolute Gasteiger partial charge is 0.326 e. The monoisotopic (exact) mass is 276 g/mol. The fourth-order valence-corrected chi connectivity index (χ4v) is 4.05. The Labute approximate surface area is 107 Å². The molecule has 0 saturated heterocycles. The van der Waals surface area contributed by atoms with Gasteiger partial charge < -0.3 is 5.73 Å². The molecule has 1 aromatic rings. The average Bonchev–Trinajstić information content (AvgIpc) is 2.79. The number of sulfonamides is 1. The van der Waals surface area contributed by atoms with Crippen molar-refractivity contribution in [1.29, 1.82) is 0 Å². The quantitative estimate of drug-likeness (QED) is 0.799. The second-order valence-corrected chi connectivity index (χ2v) is 6.68. The van der Waals surface area contributed by atoms with Gasteiger partial charge in [-0.05, 0) is 17.4 Å². The van der Waals surface area contributed by atoms with Gasteiger partial charge in [-0.2, -0.15) is 0 Å². The number of hydrogen-bond acceptors (Lipinski definition) is 4. The molecule has 0 unspecified atom stereocenters. The zero-order valence-electron chi connectivity index (χ0n) is 10.3. The standard InChI is InChI=1S/C11H20N2O2S2/c1-3-9(4-2)8-13-17(14,15)11-5-6-16-10(11)7-12/h5-6,9,13H,3-4,7-8,12H2,1-2H3. The molecule has 6 heteroatoms. The molecule has 0 fully saturated rings. The fraction of sp³-hybridized carbons (Fsp3) is 0.636. The van der Waals surface area contributed by atoms with E-state index in [0.29, 0.717) is 22.2 Å². The molecule has 0 aliphatic heterocycles. The zero-order chi connectivity index (χ0) is 12.9. The molecule has 0 atom stereocenters. The lowest BCUT2D eigenvalue weighted by atomic mass is 10.0. The molecule has 0 spiro atoms. The molecule has 1 aromatic heterocycles. The molecule has 98 valence electrons.